The molecule has 19 heavy (non-hydrogen) atoms. The SMILES string of the molecule is O=[N+]([O-])c1cccc(C=Nc2ccc(CO)cc2)c1. The lowest BCUT2D eigenvalue weighted by atomic mass is 10.2. The highest BCUT2D eigenvalue weighted by Gasteiger charge is 2.03. The molecule has 5 nitrogen and oxygen atoms in total. The van der Waals surface area contributed by atoms with Gasteiger partial charge in [0.25, 0.3) is 5.69 Å². The summed E-state index contributed by atoms with van der Waals surface area (Å²) < 4.78 is 0. The Labute approximate surface area is 110 Å². The van der Waals surface area contributed by atoms with Gasteiger partial charge in [-0.2, -0.15) is 0 Å². The standard InChI is InChI=1S/C14H12N2O3/c17-10-11-4-6-13(7-5-11)15-9-12-2-1-3-14(8-12)16(18)19/h1-9,17H,10H2. The van der Waals surface area contributed by atoms with Crippen LogP contribution in [0.5, 0.6) is 0 Å². The Morgan fingerprint density at radius 1 is 1.21 bits per heavy atom. The first-order chi connectivity index (χ1) is 9.19. The Morgan fingerprint density at radius 3 is 2.58 bits per heavy atom. The largest absolute Gasteiger partial charge is 0.392 e. The van der Waals surface area contributed by atoms with E-state index in [1.54, 1.807) is 42.6 Å². The van der Waals surface area contributed by atoms with Crippen molar-refractivity contribution in [3.63, 3.8) is 0 Å². The summed E-state index contributed by atoms with van der Waals surface area (Å²) in [5.41, 5.74) is 2.25. The van der Waals surface area contributed by atoms with Gasteiger partial charge < -0.3 is 5.11 Å². The Balaban J connectivity index is 2.17. The number of hydrogen-bond acceptors (Lipinski definition) is 4. The lowest BCUT2D eigenvalue weighted by molar-refractivity contribution is -0.384. The van der Waals surface area contributed by atoms with E-state index >= 15 is 0 Å². The number of aliphatic imine (C=N–C) groups is 1. The molecule has 0 aliphatic carbocycles. The minimum absolute atomic E-state index is 0.00509. The van der Waals surface area contributed by atoms with Gasteiger partial charge in [0.1, 0.15) is 0 Å². The van der Waals surface area contributed by atoms with Crippen LogP contribution in [0, 0.1) is 10.1 Å². The minimum atomic E-state index is -0.437. The normalized spacial score (nSPS) is 10.8. The van der Waals surface area contributed by atoms with Crippen LogP contribution in [-0.2, 0) is 6.61 Å². The first kappa shape index (κ1) is 12.9. The van der Waals surface area contributed by atoms with E-state index in [1.165, 1.54) is 12.1 Å². The molecule has 0 aliphatic rings. The molecule has 0 aromatic heterocycles. The van der Waals surface area contributed by atoms with Crippen molar-refractivity contribution in [2.24, 2.45) is 4.99 Å². The lowest BCUT2D eigenvalue weighted by Crippen LogP contribution is -1.89. The quantitative estimate of drug-likeness (QED) is 0.519. The maximum atomic E-state index is 10.6. The Hall–Kier alpha value is -2.53. The highest BCUT2D eigenvalue weighted by molar-refractivity contribution is 5.82. The van der Waals surface area contributed by atoms with Crippen molar-refractivity contribution in [1.82, 2.24) is 0 Å². The van der Waals surface area contributed by atoms with E-state index in [4.69, 9.17) is 5.11 Å². The highest BCUT2D eigenvalue weighted by atomic mass is 16.6. The van der Waals surface area contributed by atoms with Crippen molar-refractivity contribution in [3.05, 3.63) is 69.8 Å². The Morgan fingerprint density at radius 2 is 1.95 bits per heavy atom. The van der Waals surface area contributed by atoms with Crippen LogP contribution in [0.3, 0.4) is 0 Å². The summed E-state index contributed by atoms with van der Waals surface area (Å²) in [7, 11) is 0. The van der Waals surface area contributed by atoms with E-state index in [9.17, 15) is 10.1 Å². The van der Waals surface area contributed by atoms with Gasteiger partial charge in [0.2, 0.25) is 0 Å². The summed E-state index contributed by atoms with van der Waals surface area (Å²) in [6.07, 6.45) is 1.57. The number of non-ortho nitro benzene ring substituents is 1. The predicted octanol–water partition coefficient (Wildman–Crippen LogP) is 2.84. The van der Waals surface area contributed by atoms with Gasteiger partial charge in [0, 0.05) is 18.3 Å². The molecule has 0 bridgehead atoms. The Bertz CT molecular complexity index is 606. The van der Waals surface area contributed by atoms with Gasteiger partial charge in [-0.15, -0.1) is 0 Å². The number of aliphatic hydroxyl groups excluding tert-OH is 1. The molecule has 0 aliphatic heterocycles. The number of hydrogen-bond donors (Lipinski definition) is 1. The number of benzene rings is 2. The molecule has 0 radical (unpaired) electrons. The molecule has 2 aromatic rings. The average molecular weight is 256 g/mol. The maximum absolute atomic E-state index is 10.6. The van der Waals surface area contributed by atoms with Gasteiger partial charge in [0.05, 0.1) is 17.2 Å². The number of nitrogens with zero attached hydrogens (tertiary/aromatic N) is 2. The molecule has 0 saturated carbocycles. The van der Waals surface area contributed by atoms with Gasteiger partial charge in [-0.25, -0.2) is 0 Å². The van der Waals surface area contributed by atoms with E-state index in [2.05, 4.69) is 4.99 Å². The second-order valence-corrected chi connectivity index (χ2v) is 3.93. The van der Waals surface area contributed by atoms with E-state index in [0.717, 1.165) is 11.3 Å². The van der Waals surface area contributed by atoms with Crippen LogP contribution in [0.1, 0.15) is 11.1 Å². The number of nitro groups is 1. The van der Waals surface area contributed by atoms with Crippen LogP contribution in [-0.4, -0.2) is 16.2 Å². The third-order valence-corrected chi connectivity index (χ3v) is 2.56. The van der Waals surface area contributed by atoms with E-state index < -0.39 is 4.92 Å². The second kappa shape index (κ2) is 5.88. The number of rotatable bonds is 4. The molecule has 0 fully saturated rings. The Kier molecular flexibility index (Phi) is 4.00. The van der Waals surface area contributed by atoms with Gasteiger partial charge in [-0.05, 0) is 23.3 Å². The molecule has 0 atom stereocenters. The summed E-state index contributed by atoms with van der Waals surface area (Å²) in [6.45, 7) is -0.00509. The zero-order valence-electron chi connectivity index (χ0n) is 10.1. The molecule has 1 N–H and O–H groups in total. The molecule has 0 spiro atoms. The first-order valence-corrected chi connectivity index (χ1v) is 5.67. The number of aliphatic hydroxyl groups is 1. The lowest BCUT2D eigenvalue weighted by Gasteiger charge is -1.97. The van der Waals surface area contributed by atoms with Crippen molar-refractivity contribution < 1.29 is 10.0 Å². The smallest absolute Gasteiger partial charge is 0.270 e. The topological polar surface area (TPSA) is 75.7 Å². The molecule has 2 aromatic carbocycles. The van der Waals surface area contributed by atoms with Crippen LogP contribution in [0.2, 0.25) is 0 Å². The fraction of sp³-hybridized carbons (Fsp3) is 0.0714. The van der Waals surface area contributed by atoms with Crippen LogP contribution in [0.25, 0.3) is 0 Å². The summed E-state index contributed by atoms with van der Waals surface area (Å²) in [6, 6.07) is 13.4. The van der Waals surface area contributed by atoms with Crippen LogP contribution in [0.15, 0.2) is 53.5 Å². The zero-order chi connectivity index (χ0) is 13.7. The van der Waals surface area contributed by atoms with E-state index in [-0.39, 0.29) is 12.3 Å². The first-order valence-electron chi connectivity index (χ1n) is 5.67. The third-order valence-electron chi connectivity index (χ3n) is 2.56. The molecule has 0 amide bonds. The molecule has 0 saturated heterocycles. The van der Waals surface area contributed by atoms with Gasteiger partial charge in [-0.3, -0.25) is 15.1 Å². The van der Waals surface area contributed by atoms with Gasteiger partial charge >= 0.3 is 0 Å². The van der Waals surface area contributed by atoms with Crippen molar-refractivity contribution in [1.29, 1.82) is 0 Å². The maximum Gasteiger partial charge on any atom is 0.270 e. The second-order valence-electron chi connectivity index (χ2n) is 3.93. The van der Waals surface area contributed by atoms with Crippen LogP contribution < -0.4 is 0 Å². The molecular formula is C14H12N2O3. The molecular weight excluding hydrogens is 244 g/mol. The minimum Gasteiger partial charge on any atom is -0.392 e. The fourth-order valence-corrected chi connectivity index (χ4v) is 1.56. The summed E-state index contributed by atoms with van der Waals surface area (Å²) in [5, 5.41) is 19.6. The zero-order valence-corrected chi connectivity index (χ0v) is 10.1. The molecule has 2 rings (SSSR count). The predicted molar refractivity (Wildman–Crippen MR) is 72.7 cm³/mol. The number of nitro benzene ring substituents is 1. The van der Waals surface area contributed by atoms with Gasteiger partial charge in [-0.1, -0.05) is 24.3 Å². The van der Waals surface area contributed by atoms with Crippen molar-refractivity contribution in [3.8, 4) is 0 Å². The van der Waals surface area contributed by atoms with E-state index in [0.29, 0.717) is 5.56 Å². The molecule has 0 unspecified atom stereocenters. The monoisotopic (exact) mass is 256 g/mol. The van der Waals surface area contributed by atoms with Crippen molar-refractivity contribution in [2.75, 3.05) is 0 Å². The van der Waals surface area contributed by atoms with E-state index in [1.807, 2.05) is 0 Å². The molecule has 0 heterocycles. The van der Waals surface area contributed by atoms with Crippen LogP contribution >= 0.6 is 0 Å². The fourth-order valence-electron chi connectivity index (χ4n) is 1.56. The van der Waals surface area contributed by atoms with Crippen LogP contribution in [0.4, 0.5) is 11.4 Å². The summed E-state index contributed by atoms with van der Waals surface area (Å²) in [4.78, 5) is 14.4. The third kappa shape index (κ3) is 3.46. The highest BCUT2D eigenvalue weighted by Crippen LogP contribution is 2.15. The summed E-state index contributed by atoms with van der Waals surface area (Å²) >= 11 is 0. The molecule has 5 heteroatoms. The van der Waals surface area contributed by atoms with Crippen molar-refractivity contribution >= 4 is 17.6 Å². The van der Waals surface area contributed by atoms with Gasteiger partial charge in [0.15, 0.2) is 0 Å². The average Bonchev–Trinajstić information content (AvgIpc) is 2.46. The van der Waals surface area contributed by atoms with Crippen molar-refractivity contribution in [2.45, 2.75) is 6.61 Å². The summed E-state index contributed by atoms with van der Waals surface area (Å²) in [5.74, 6) is 0. The molecule has 96 valence electrons.